The van der Waals surface area contributed by atoms with E-state index in [1.807, 2.05) is 30.3 Å². The number of nitrogens with zero attached hydrogens (tertiary/aromatic N) is 3. The van der Waals surface area contributed by atoms with Gasteiger partial charge in [-0.1, -0.05) is 0 Å². The molecule has 1 aromatic carbocycles. The summed E-state index contributed by atoms with van der Waals surface area (Å²) in [6, 6.07) is 9.59. The molecule has 0 saturated carbocycles. The van der Waals surface area contributed by atoms with E-state index in [9.17, 15) is 4.79 Å². The third kappa shape index (κ3) is 6.99. The average Bonchev–Trinajstić information content (AvgIpc) is 2.64. The molecule has 7 heteroatoms. The maximum atomic E-state index is 11.7. The number of methoxy groups -OCH3 is 1. The van der Waals surface area contributed by atoms with E-state index >= 15 is 0 Å². The molecule has 2 rings (SSSR count). The first-order valence-corrected chi connectivity index (χ1v) is 8.56. The lowest BCUT2D eigenvalue weighted by molar-refractivity contribution is -0.122. The van der Waals surface area contributed by atoms with Crippen molar-refractivity contribution in [3.63, 3.8) is 0 Å². The lowest BCUT2D eigenvalue weighted by Gasteiger charge is -2.34. The van der Waals surface area contributed by atoms with Crippen LogP contribution in [-0.2, 0) is 4.79 Å². The molecule has 0 bridgehead atoms. The lowest BCUT2D eigenvalue weighted by atomic mass is 10.3. The van der Waals surface area contributed by atoms with Crippen molar-refractivity contribution in [2.24, 2.45) is 0 Å². The summed E-state index contributed by atoms with van der Waals surface area (Å²) < 4.78 is 10.9. The summed E-state index contributed by atoms with van der Waals surface area (Å²) >= 11 is 0. The maximum Gasteiger partial charge on any atom is 0.234 e. The molecule has 1 aromatic rings. The van der Waals surface area contributed by atoms with Crippen LogP contribution in [0.2, 0.25) is 0 Å². The molecule has 7 nitrogen and oxygen atoms in total. The van der Waals surface area contributed by atoms with Gasteiger partial charge in [0.25, 0.3) is 0 Å². The zero-order valence-corrected chi connectivity index (χ0v) is 14.7. The first-order valence-electron chi connectivity index (χ1n) is 8.56. The van der Waals surface area contributed by atoms with Gasteiger partial charge in [0.2, 0.25) is 5.91 Å². The predicted octanol–water partition coefficient (Wildman–Crippen LogP) is 0.721. The second-order valence-electron chi connectivity index (χ2n) is 5.90. The highest BCUT2D eigenvalue weighted by Gasteiger charge is 2.18. The van der Waals surface area contributed by atoms with Crippen molar-refractivity contribution in [1.82, 2.24) is 15.1 Å². The normalized spacial score (nSPS) is 15.4. The number of carbonyl (C=O) groups is 1. The van der Waals surface area contributed by atoms with Gasteiger partial charge in [0.1, 0.15) is 18.1 Å². The van der Waals surface area contributed by atoms with Crippen LogP contribution in [0, 0.1) is 11.3 Å². The first-order chi connectivity index (χ1) is 12.2. The number of ether oxygens (including phenoxy) is 2. The molecule has 0 aromatic heterocycles. The van der Waals surface area contributed by atoms with Crippen LogP contribution in [0.1, 0.15) is 6.42 Å². The highest BCUT2D eigenvalue weighted by molar-refractivity contribution is 5.78. The van der Waals surface area contributed by atoms with Crippen LogP contribution >= 0.6 is 0 Å². The van der Waals surface area contributed by atoms with Crippen LogP contribution in [0.15, 0.2) is 24.3 Å². The van der Waals surface area contributed by atoms with Crippen LogP contribution in [0.4, 0.5) is 0 Å². The lowest BCUT2D eigenvalue weighted by Crippen LogP contribution is -2.50. The summed E-state index contributed by atoms with van der Waals surface area (Å²) in [5.41, 5.74) is 0. The van der Waals surface area contributed by atoms with Crippen molar-refractivity contribution in [2.75, 3.05) is 59.5 Å². The summed E-state index contributed by atoms with van der Waals surface area (Å²) in [6.07, 6.45) is 0.355. The van der Waals surface area contributed by atoms with Crippen molar-refractivity contribution < 1.29 is 14.3 Å². The third-order valence-corrected chi connectivity index (χ3v) is 4.13. The highest BCUT2D eigenvalue weighted by atomic mass is 16.5. The van der Waals surface area contributed by atoms with Gasteiger partial charge in [-0.3, -0.25) is 14.6 Å². The molecule has 25 heavy (non-hydrogen) atoms. The SMILES string of the molecule is COc1ccc(OCCN2CCN(CC(=O)NCCC#N)CC2)cc1. The van der Waals surface area contributed by atoms with Gasteiger partial charge in [0.05, 0.1) is 26.1 Å². The fourth-order valence-electron chi connectivity index (χ4n) is 2.65. The molecule has 1 amide bonds. The maximum absolute atomic E-state index is 11.7. The monoisotopic (exact) mass is 346 g/mol. The Morgan fingerprint density at radius 1 is 1.16 bits per heavy atom. The Kier molecular flexibility index (Phi) is 8.02. The Morgan fingerprint density at radius 3 is 2.44 bits per heavy atom. The number of hydrogen-bond acceptors (Lipinski definition) is 6. The summed E-state index contributed by atoms with van der Waals surface area (Å²) in [5.74, 6) is 1.65. The van der Waals surface area contributed by atoms with Crippen molar-refractivity contribution in [2.45, 2.75) is 6.42 Å². The zero-order chi connectivity index (χ0) is 17.9. The van der Waals surface area contributed by atoms with E-state index in [4.69, 9.17) is 14.7 Å². The van der Waals surface area contributed by atoms with E-state index in [1.165, 1.54) is 0 Å². The minimum Gasteiger partial charge on any atom is -0.497 e. The molecule has 1 fully saturated rings. The van der Waals surface area contributed by atoms with Gasteiger partial charge >= 0.3 is 0 Å². The van der Waals surface area contributed by atoms with Gasteiger partial charge in [0.15, 0.2) is 0 Å². The van der Waals surface area contributed by atoms with Crippen molar-refractivity contribution in [3.8, 4) is 17.6 Å². The van der Waals surface area contributed by atoms with Gasteiger partial charge < -0.3 is 14.8 Å². The molecule has 0 aliphatic carbocycles. The molecule has 1 aliphatic heterocycles. The molecule has 1 heterocycles. The van der Waals surface area contributed by atoms with E-state index in [0.29, 0.717) is 26.1 Å². The molecule has 136 valence electrons. The summed E-state index contributed by atoms with van der Waals surface area (Å²) in [4.78, 5) is 16.2. The summed E-state index contributed by atoms with van der Waals surface area (Å²) in [6.45, 7) is 5.94. The minimum absolute atomic E-state index is 0.00783. The average molecular weight is 346 g/mol. The fourth-order valence-corrected chi connectivity index (χ4v) is 2.65. The van der Waals surface area contributed by atoms with Crippen molar-refractivity contribution >= 4 is 5.91 Å². The van der Waals surface area contributed by atoms with E-state index in [2.05, 4.69) is 15.1 Å². The Hall–Kier alpha value is -2.30. The Balaban J connectivity index is 1.58. The standard InChI is InChI=1S/C18H26N4O3/c1-24-16-3-5-17(6-4-16)25-14-13-21-9-11-22(12-10-21)15-18(23)20-8-2-7-19/h3-6H,2,8-15H2,1H3,(H,20,23). The molecular weight excluding hydrogens is 320 g/mol. The minimum atomic E-state index is -0.00783. The second-order valence-corrected chi connectivity index (χ2v) is 5.90. The largest absolute Gasteiger partial charge is 0.497 e. The van der Waals surface area contributed by atoms with Gasteiger partial charge in [-0.2, -0.15) is 5.26 Å². The molecular formula is C18H26N4O3. The van der Waals surface area contributed by atoms with Crippen LogP contribution < -0.4 is 14.8 Å². The number of hydrogen-bond donors (Lipinski definition) is 1. The molecule has 1 N–H and O–H groups in total. The number of rotatable bonds is 9. The van der Waals surface area contributed by atoms with E-state index < -0.39 is 0 Å². The van der Waals surface area contributed by atoms with Crippen molar-refractivity contribution in [1.29, 1.82) is 5.26 Å². The Bertz CT molecular complexity index is 563. The molecule has 1 aliphatic rings. The summed E-state index contributed by atoms with van der Waals surface area (Å²) in [7, 11) is 1.64. The number of nitriles is 1. The molecule has 0 unspecified atom stereocenters. The Morgan fingerprint density at radius 2 is 1.80 bits per heavy atom. The van der Waals surface area contributed by atoms with Gasteiger partial charge in [0, 0.05) is 39.3 Å². The van der Waals surface area contributed by atoms with E-state index in [0.717, 1.165) is 44.2 Å². The fraction of sp³-hybridized carbons (Fsp3) is 0.556. The van der Waals surface area contributed by atoms with Gasteiger partial charge in [-0.05, 0) is 24.3 Å². The van der Waals surface area contributed by atoms with Gasteiger partial charge in [-0.15, -0.1) is 0 Å². The number of piperazine rings is 1. The topological polar surface area (TPSA) is 77.8 Å². The smallest absolute Gasteiger partial charge is 0.234 e. The van der Waals surface area contributed by atoms with Crippen LogP contribution in [0.5, 0.6) is 11.5 Å². The van der Waals surface area contributed by atoms with Crippen LogP contribution in [0.25, 0.3) is 0 Å². The highest BCUT2D eigenvalue weighted by Crippen LogP contribution is 2.16. The number of benzene rings is 1. The molecule has 0 spiro atoms. The van der Waals surface area contributed by atoms with Crippen LogP contribution in [-0.4, -0.2) is 75.2 Å². The molecule has 0 atom stereocenters. The van der Waals surface area contributed by atoms with Crippen molar-refractivity contribution in [3.05, 3.63) is 24.3 Å². The Labute approximate surface area is 149 Å². The number of carbonyl (C=O) groups excluding carboxylic acids is 1. The third-order valence-electron chi connectivity index (χ3n) is 4.13. The molecule has 1 saturated heterocycles. The second kappa shape index (κ2) is 10.5. The number of amides is 1. The van der Waals surface area contributed by atoms with Gasteiger partial charge in [-0.25, -0.2) is 0 Å². The number of nitrogens with one attached hydrogen (secondary N) is 1. The summed E-state index contributed by atoms with van der Waals surface area (Å²) in [5, 5.41) is 11.2. The first kappa shape index (κ1) is 19.0. The van der Waals surface area contributed by atoms with Crippen LogP contribution in [0.3, 0.4) is 0 Å². The zero-order valence-electron chi connectivity index (χ0n) is 14.7. The van der Waals surface area contributed by atoms with E-state index in [1.54, 1.807) is 7.11 Å². The van der Waals surface area contributed by atoms with E-state index in [-0.39, 0.29) is 5.91 Å². The quantitative estimate of drug-likeness (QED) is 0.664. The molecule has 0 radical (unpaired) electrons. The predicted molar refractivity (Wildman–Crippen MR) is 94.6 cm³/mol.